The molecule has 2 rings (SSSR count). The molecule has 2 amide bonds. The normalized spacial score (nSPS) is 21.5. The second-order valence-corrected chi connectivity index (χ2v) is 6.18. The highest BCUT2D eigenvalue weighted by molar-refractivity contribution is 7.80. The van der Waals surface area contributed by atoms with E-state index in [0.29, 0.717) is 18.2 Å². The van der Waals surface area contributed by atoms with Crippen LogP contribution in [0, 0.1) is 11.8 Å². The first-order valence-electron chi connectivity index (χ1n) is 7.47. The topological polar surface area (TPSA) is 75.4 Å². The summed E-state index contributed by atoms with van der Waals surface area (Å²) in [6.07, 6.45) is 6.87. The van der Waals surface area contributed by atoms with Gasteiger partial charge in [0.15, 0.2) is 5.11 Å². The van der Waals surface area contributed by atoms with Gasteiger partial charge in [-0.3, -0.25) is 9.59 Å². The quantitative estimate of drug-likeness (QED) is 0.750. The average molecular weight is 297 g/mol. The van der Waals surface area contributed by atoms with Crippen molar-refractivity contribution in [2.24, 2.45) is 17.6 Å². The van der Waals surface area contributed by atoms with E-state index in [1.807, 2.05) is 4.90 Å². The minimum absolute atomic E-state index is 0.0527. The molecular formula is C14H23N3O2S. The third kappa shape index (κ3) is 3.91. The fourth-order valence-corrected chi connectivity index (χ4v) is 3.30. The van der Waals surface area contributed by atoms with Crippen molar-refractivity contribution in [2.75, 3.05) is 13.1 Å². The van der Waals surface area contributed by atoms with E-state index >= 15 is 0 Å². The van der Waals surface area contributed by atoms with Crippen molar-refractivity contribution in [2.45, 2.75) is 44.9 Å². The summed E-state index contributed by atoms with van der Waals surface area (Å²) in [4.78, 5) is 25.2. The van der Waals surface area contributed by atoms with Gasteiger partial charge in [0.2, 0.25) is 11.8 Å². The smallest absolute Gasteiger partial charge is 0.229 e. The lowest BCUT2D eigenvalue weighted by Gasteiger charge is -2.33. The highest BCUT2D eigenvalue weighted by atomic mass is 32.1. The number of hydrogen-bond acceptors (Lipinski definition) is 3. The zero-order valence-electron chi connectivity index (χ0n) is 11.8. The molecule has 2 aliphatic rings. The third-order valence-corrected chi connectivity index (χ3v) is 4.75. The van der Waals surface area contributed by atoms with Crippen molar-refractivity contribution >= 4 is 29.1 Å². The average Bonchev–Trinajstić information content (AvgIpc) is 2.48. The molecule has 6 heteroatoms. The highest BCUT2D eigenvalue weighted by Gasteiger charge is 2.27. The molecular weight excluding hydrogens is 274 g/mol. The van der Waals surface area contributed by atoms with Gasteiger partial charge in [-0.25, -0.2) is 0 Å². The molecule has 1 saturated carbocycles. The number of likely N-dealkylation sites (tertiary alicyclic amines) is 1. The summed E-state index contributed by atoms with van der Waals surface area (Å²) in [5, 5.41) is 3.37. The van der Waals surface area contributed by atoms with Crippen molar-refractivity contribution in [1.29, 1.82) is 0 Å². The Hall–Kier alpha value is -1.17. The van der Waals surface area contributed by atoms with Crippen LogP contribution >= 0.6 is 12.2 Å². The number of nitrogens with two attached hydrogens (primary N) is 1. The van der Waals surface area contributed by atoms with Gasteiger partial charge in [0, 0.05) is 24.9 Å². The van der Waals surface area contributed by atoms with Crippen LogP contribution in [0.25, 0.3) is 0 Å². The molecule has 0 atom stereocenters. The van der Waals surface area contributed by atoms with Crippen LogP contribution in [-0.2, 0) is 9.59 Å². The SMILES string of the molecule is NC(=O)C1CCN(C(=S)NC(=O)C2CCCCC2)CC1. The first-order chi connectivity index (χ1) is 9.58. The Bertz CT molecular complexity index is 386. The van der Waals surface area contributed by atoms with E-state index in [-0.39, 0.29) is 23.7 Å². The molecule has 2 fully saturated rings. The molecule has 1 aliphatic heterocycles. The molecule has 0 aromatic rings. The molecule has 112 valence electrons. The Morgan fingerprint density at radius 2 is 1.60 bits per heavy atom. The molecule has 1 saturated heterocycles. The Balaban J connectivity index is 1.77. The Labute approximate surface area is 125 Å². The van der Waals surface area contributed by atoms with Gasteiger partial charge in [-0.1, -0.05) is 19.3 Å². The number of amides is 2. The number of carbonyl (C=O) groups excluding carboxylic acids is 2. The fourth-order valence-electron chi connectivity index (χ4n) is 3.02. The Morgan fingerprint density at radius 1 is 1.00 bits per heavy atom. The van der Waals surface area contributed by atoms with E-state index in [2.05, 4.69) is 5.32 Å². The summed E-state index contributed by atoms with van der Waals surface area (Å²) < 4.78 is 0. The summed E-state index contributed by atoms with van der Waals surface area (Å²) in [6, 6.07) is 0. The van der Waals surface area contributed by atoms with Gasteiger partial charge in [-0.2, -0.15) is 0 Å². The van der Waals surface area contributed by atoms with Crippen LogP contribution in [0.5, 0.6) is 0 Å². The monoisotopic (exact) mass is 297 g/mol. The number of piperidine rings is 1. The lowest BCUT2D eigenvalue weighted by Crippen LogP contribution is -2.49. The maximum absolute atomic E-state index is 12.1. The van der Waals surface area contributed by atoms with E-state index in [4.69, 9.17) is 18.0 Å². The number of thiocarbonyl (C=S) groups is 1. The molecule has 0 spiro atoms. The van der Waals surface area contributed by atoms with Crippen LogP contribution in [0.4, 0.5) is 0 Å². The van der Waals surface area contributed by atoms with Crippen molar-refractivity contribution < 1.29 is 9.59 Å². The first kappa shape index (κ1) is 15.2. The number of rotatable bonds is 2. The summed E-state index contributed by atoms with van der Waals surface area (Å²) in [5.41, 5.74) is 5.31. The second-order valence-electron chi connectivity index (χ2n) is 5.79. The molecule has 1 heterocycles. The van der Waals surface area contributed by atoms with Crippen LogP contribution in [0.3, 0.4) is 0 Å². The molecule has 0 bridgehead atoms. The molecule has 0 radical (unpaired) electrons. The summed E-state index contributed by atoms with van der Waals surface area (Å²) in [7, 11) is 0. The second kappa shape index (κ2) is 7.02. The van der Waals surface area contributed by atoms with Gasteiger partial charge < -0.3 is 16.0 Å². The van der Waals surface area contributed by atoms with E-state index < -0.39 is 0 Å². The number of nitrogens with zero attached hydrogens (tertiary/aromatic N) is 1. The standard InChI is InChI=1S/C14H23N3O2S/c15-12(18)10-6-8-17(9-7-10)14(20)16-13(19)11-4-2-1-3-5-11/h10-11H,1-9H2,(H2,15,18)(H,16,19,20). The number of primary amides is 1. The zero-order valence-corrected chi connectivity index (χ0v) is 12.6. The maximum atomic E-state index is 12.1. The van der Waals surface area contributed by atoms with Crippen LogP contribution in [-0.4, -0.2) is 34.9 Å². The van der Waals surface area contributed by atoms with Gasteiger partial charge >= 0.3 is 0 Å². The predicted molar refractivity (Wildman–Crippen MR) is 80.8 cm³/mol. The number of nitrogens with one attached hydrogen (secondary N) is 1. The zero-order chi connectivity index (χ0) is 14.5. The van der Waals surface area contributed by atoms with E-state index in [9.17, 15) is 9.59 Å². The van der Waals surface area contributed by atoms with E-state index in [0.717, 1.165) is 38.5 Å². The maximum Gasteiger partial charge on any atom is 0.229 e. The van der Waals surface area contributed by atoms with Crippen molar-refractivity contribution in [3.63, 3.8) is 0 Å². The Kier molecular flexibility index (Phi) is 5.34. The molecule has 0 aromatic carbocycles. The number of hydrogen-bond donors (Lipinski definition) is 2. The molecule has 0 unspecified atom stereocenters. The largest absolute Gasteiger partial charge is 0.369 e. The molecule has 0 aromatic heterocycles. The minimum atomic E-state index is -0.234. The predicted octanol–water partition coefficient (Wildman–Crippen LogP) is 1.17. The van der Waals surface area contributed by atoms with Gasteiger partial charge in [0.05, 0.1) is 0 Å². The van der Waals surface area contributed by atoms with E-state index in [1.165, 1.54) is 6.42 Å². The Morgan fingerprint density at radius 3 is 2.15 bits per heavy atom. The van der Waals surface area contributed by atoms with Crippen LogP contribution < -0.4 is 11.1 Å². The fraction of sp³-hybridized carbons (Fsp3) is 0.786. The highest BCUT2D eigenvalue weighted by Crippen LogP contribution is 2.24. The van der Waals surface area contributed by atoms with Gasteiger partial charge in [-0.15, -0.1) is 0 Å². The van der Waals surface area contributed by atoms with Crippen molar-refractivity contribution in [3.05, 3.63) is 0 Å². The van der Waals surface area contributed by atoms with Crippen LogP contribution in [0.1, 0.15) is 44.9 Å². The third-order valence-electron chi connectivity index (χ3n) is 4.39. The van der Waals surface area contributed by atoms with E-state index in [1.54, 1.807) is 0 Å². The molecule has 20 heavy (non-hydrogen) atoms. The van der Waals surface area contributed by atoms with Crippen molar-refractivity contribution in [1.82, 2.24) is 10.2 Å². The molecule has 1 aliphatic carbocycles. The summed E-state index contributed by atoms with van der Waals surface area (Å²) in [5.74, 6) is -0.110. The lowest BCUT2D eigenvalue weighted by atomic mass is 9.89. The lowest BCUT2D eigenvalue weighted by molar-refractivity contribution is -0.125. The van der Waals surface area contributed by atoms with Gasteiger partial charge in [0.1, 0.15) is 0 Å². The van der Waals surface area contributed by atoms with Crippen molar-refractivity contribution in [3.8, 4) is 0 Å². The van der Waals surface area contributed by atoms with Crippen LogP contribution in [0.15, 0.2) is 0 Å². The van der Waals surface area contributed by atoms with Crippen LogP contribution in [0.2, 0.25) is 0 Å². The number of carbonyl (C=O) groups is 2. The van der Waals surface area contributed by atoms with Gasteiger partial charge in [0.25, 0.3) is 0 Å². The summed E-state index contributed by atoms with van der Waals surface area (Å²) >= 11 is 5.30. The summed E-state index contributed by atoms with van der Waals surface area (Å²) in [6.45, 7) is 1.38. The van der Waals surface area contributed by atoms with Gasteiger partial charge in [-0.05, 0) is 37.9 Å². The minimum Gasteiger partial charge on any atom is -0.369 e. The first-order valence-corrected chi connectivity index (χ1v) is 7.88. The molecule has 3 N–H and O–H groups in total. The molecule has 5 nitrogen and oxygen atoms in total.